The molecule has 3 rings (SSSR count). The fraction of sp³-hybridized carbons (Fsp3) is 0.235. The molecular weight excluding hydrogens is 314 g/mol. The molecule has 1 aliphatic carbocycles. The molecule has 0 aromatic heterocycles. The molecule has 2 nitrogen and oxygen atoms in total. The van der Waals surface area contributed by atoms with Gasteiger partial charge in [-0.3, -0.25) is 4.79 Å². The number of nitrogens with two attached hydrogens (primary N) is 1. The molecule has 0 saturated carbocycles. The minimum absolute atomic E-state index is 0.0394. The molecule has 3 heteroatoms. The number of fused-ring (bicyclic) bond motifs is 1. The Kier molecular flexibility index (Phi) is 3.62. The number of carbonyl (C=O) groups is 1. The third kappa shape index (κ3) is 2.50. The number of anilines is 1. The molecule has 1 aliphatic rings. The Balaban J connectivity index is 1.95. The van der Waals surface area contributed by atoms with Crippen LogP contribution in [0.15, 0.2) is 40.9 Å². The first-order chi connectivity index (χ1) is 9.65. The van der Waals surface area contributed by atoms with Gasteiger partial charge in [0.05, 0.1) is 0 Å². The number of ketones is 1. The molecule has 0 spiro atoms. The summed E-state index contributed by atoms with van der Waals surface area (Å²) < 4.78 is 0.819. The van der Waals surface area contributed by atoms with Crippen molar-refractivity contribution in [1.29, 1.82) is 0 Å². The summed E-state index contributed by atoms with van der Waals surface area (Å²) in [7, 11) is 0. The van der Waals surface area contributed by atoms with Crippen molar-refractivity contribution in [2.24, 2.45) is 0 Å². The van der Waals surface area contributed by atoms with Crippen LogP contribution in [0.25, 0.3) is 0 Å². The smallest absolute Gasteiger partial charge is 0.193 e. The highest BCUT2D eigenvalue weighted by Crippen LogP contribution is 2.25. The summed E-state index contributed by atoms with van der Waals surface area (Å²) >= 11 is 3.35. The number of carbonyl (C=O) groups excluding carboxylic acids is 1. The standard InChI is InChI=1S/C17H16BrNO/c18-15-8-7-14(10-16(15)19)17(20)13-6-5-11-3-1-2-4-12(11)9-13/h5-10H,1-4,19H2. The van der Waals surface area contributed by atoms with Gasteiger partial charge in [0, 0.05) is 21.3 Å². The first-order valence-electron chi connectivity index (χ1n) is 6.86. The summed E-state index contributed by atoms with van der Waals surface area (Å²) in [5, 5.41) is 0. The molecule has 102 valence electrons. The maximum absolute atomic E-state index is 12.5. The Morgan fingerprint density at radius 3 is 2.35 bits per heavy atom. The molecule has 2 aromatic carbocycles. The van der Waals surface area contributed by atoms with Crippen LogP contribution in [0.1, 0.15) is 39.9 Å². The average Bonchev–Trinajstić information content (AvgIpc) is 2.49. The van der Waals surface area contributed by atoms with Crippen LogP contribution >= 0.6 is 15.9 Å². The van der Waals surface area contributed by atoms with Gasteiger partial charge in [0.25, 0.3) is 0 Å². The van der Waals surface area contributed by atoms with Crippen molar-refractivity contribution in [2.75, 3.05) is 5.73 Å². The van der Waals surface area contributed by atoms with E-state index in [1.807, 2.05) is 18.2 Å². The Labute approximate surface area is 127 Å². The van der Waals surface area contributed by atoms with Gasteiger partial charge in [-0.25, -0.2) is 0 Å². The highest BCUT2D eigenvalue weighted by atomic mass is 79.9. The number of halogens is 1. The van der Waals surface area contributed by atoms with Gasteiger partial charge in [0.15, 0.2) is 5.78 Å². The Bertz CT molecular complexity index is 679. The molecule has 0 unspecified atom stereocenters. The van der Waals surface area contributed by atoms with Crippen LogP contribution in [0.5, 0.6) is 0 Å². The van der Waals surface area contributed by atoms with Crippen molar-refractivity contribution in [1.82, 2.24) is 0 Å². The van der Waals surface area contributed by atoms with Gasteiger partial charge in [0.2, 0.25) is 0 Å². The van der Waals surface area contributed by atoms with Crippen LogP contribution in [-0.4, -0.2) is 5.78 Å². The largest absolute Gasteiger partial charge is 0.398 e. The summed E-state index contributed by atoms with van der Waals surface area (Å²) in [6.07, 6.45) is 4.69. The van der Waals surface area contributed by atoms with Crippen molar-refractivity contribution < 1.29 is 4.79 Å². The van der Waals surface area contributed by atoms with E-state index in [0.29, 0.717) is 11.3 Å². The molecule has 2 N–H and O–H groups in total. The van der Waals surface area contributed by atoms with Crippen molar-refractivity contribution in [3.05, 3.63) is 63.1 Å². The lowest BCUT2D eigenvalue weighted by Crippen LogP contribution is -2.07. The fourth-order valence-corrected chi connectivity index (χ4v) is 2.97. The third-order valence-electron chi connectivity index (χ3n) is 3.87. The van der Waals surface area contributed by atoms with Crippen LogP contribution < -0.4 is 5.73 Å². The van der Waals surface area contributed by atoms with Crippen LogP contribution in [0.3, 0.4) is 0 Å². The molecule has 0 heterocycles. The van der Waals surface area contributed by atoms with Crippen molar-refractivity contribution >= 4 is 27.4 Å². The Morgan fingerprint density at radius 1 is 0.950 bits per heavy atom. The van der Waals surface area contributed by atoms with E-state index in [0.717, 1.165) is 22.9 Å². The van der Waals surface area contributed by atoms with Gasteiger partial charge in [-0.15, -0.1) is 0 Å². The lowest BCUT2D eigenvalue weighted by Gasteiger charge is -2.16. The highest BCUT2D eigenvalue weighted by Gasteiger charge is 2.14. The summed E-state index contributed by atoms with van der Waals surface area (Å²) in [4.78, 5) is 12.5. The van der Waals surface area contributed by atoms with E-state index in [2.05, 4.69) is 28.1 Å². The number of benzene rings is 2. The van der Waals surface area contributed by atoms with E-state index in [-0.39, 0.29) is 5.78 Å². The maximum atomic E-state index is 12.5. The van der Waals surface area contributed by atoms with Gasteiger partial charge < -0.3 is 5.73 Å². The second kappa shape index (κ2) is 5.41. The zero-order valence-corrected chi connectivity index (χ0v) is 12.7. The van der Waals surface area contributed by atoms with E-state index in [4.69, 9.17) is 5.73 Å². The Morgan fingerprint density at radius 2 is 1.60 bits per heavy atom. The molecule has 0 amide bonds. The lowest BCUT2D eigenvalue weighted by atomic mass is 9.89. The molecule has 0 atom stereocenters. The summed E-state index contributed by atoms with van der Waals surface area (Å²) in [6.45, 7) is 0. The van der Waals surface area contributed by atoms with Crippen LogP contribution in [0.4, 0.5) is 5.69 Å². The molecule has 0 bridgehead atoms. The summed E-state index contributed by atoms with van der Waals surface area (Å²) in [5.41, 5.74) is 10.6. The van der Waals surface area contributed by atoms with Gasteiger partial charge in [0.1, 0.15) is 0 Å². The minimum Gasteiger partial charge on any atom is -0.398 e. The fourth-order valence-electron chi connectivity index (χ4n) is 2.73. The van der Waals surface area contributed by atoms with Crippen LogP contribution in [0.2, 0.25) is 0 Å². The first-order valence-corrected chi connectivity index (χ1v) is 7.66. The van der Waals surface area contributed by atoms with Crippen molar-refractivity contribution in [3.63, 3.8) is 0 Å². The zero-order valence-electron chi connectivity index (χ0n) is 11.2. The molecule has 0 fully saturated rings. The molecule has 0 aliphatic heterocycles. The first kappa shape index (κ1) is 13.4. The van der Waals surface area contributed by atoms with Gasteiger partial charge >= 0.3 is 0 Å². The second-order valence-corrected chi connectivity index (χ2v) is 6.11. The highest BCUT2D eigenvalue weighted by molar-refractivity contribution is 9.10. The maximum Gasteiger partial charge on any atom is 0.193 e. The normalized spacial score (nSPS) is 13.8. The van der Waals surface area contributed by atoms with Gasteiger partial charge in [-0.2, -0.15) is 0 Å². The SMILES string of the molecule is Nc1cc(C(=O)c2ccc3c(c2)CCCC3)ccc1Br. The number of hydrogen-bond acceptors (Lipinski definition) is 2. The molecule has 0 radical (unpaired) electrons. The Hall–Kier alpha value is -1.61. The second-order valence-electron chi connectivity index (χ2n) is 5.26. The number of nitrogen functional groups attached to an aromatic ring is 1. The van der Waals surface area contributed by atoms with Crippen LogP contribution in [-0.2, 0) is 12.8 Å². The number of rotatable bonds is 2. The van der Waals surface area contributed by atoms with Crippen molar-refractivity contribution in [2.45, 2.75) is 25.7 Å². The van der Waals surface area contributed by atoms with Crippen molar-refractivity contribution in [3.8, 4) is 0 Å². The van der Waals surface area contributed by atoms with E-state index in [1.165, 1.54) is 24.0 Å². The lowest BCUT2D eigenvalue weighted by molar-refractivity contribution is 0.103. The molecule has 2 aromatic rings. The predicted molar refractivity (Wildman–Crippen MR) is 85.1 cm³/mol. The van der Waals surface area contributed by atoms with Gasteiger partial charge in [-0.05, 0) is 77.0 Å². The van der Waals surface area contributed by atoms with Crippen LogP contribution in [0, 0.1) is 0 Å². The number of aryl methyl sites for hydroxylation is 2. The topological polar surface area (TPSA) is 43.1 Å². The van der Waals surface area contributed by atoms with E-state index < -0.39 is 0 Å². The monoisotopic (exact) mass is 329 g/mol. The third-order valence-corrected chi connectivity index (χ3v) is 4.59. The number of hydrogen-bond donors (Lipinski definition) is 1. The molecule has 20 heavy (non-hydrogen) atoms. The minimum atomic E-state index is 0.0394. The summed E-state index contributed by atoms with van der Waals surface area (Å²) in [5.74, 6) is 0.0394. The average molecular weight is 330 g/mol. The zero-order chi connectivity index (χ0) is 14.1. The summed E-state index contributed by atoms with van der Waals surface area (Å²) in [6, 6.07) is 11.4. The van der Waals surface area contributed by atoms with E-state index in [9.17, 15) is 4.79 Å². The predicted octanol–water partition coefficient (Wildman–Crippen LogP) is 4.14. The quantitative estimate of drug-likeness (QED) is 0.664. The van der Waals surface area contributed by atoms with E-state index in [1.54, 1.807) is 6.07 Å². The van der Waals surface area contributed by atoms with Gasteiger partial charge in [-0.1, -0.05) is 12.1 Å². The van der Waals surface area contributed by atoms with E-state index >= 15 is 0 Å². The molecular formula is C17H16BrNO. The molecule has 0 saturated heterocycles.